The highest BCUT2D eigenvalue weighted by molar-refractivity contribution is 5.93. The van der Waals surface area contributed by atoms with E-state index in [-0.39, 0.29) is 5.91 Å². The predicted octanol–water partition coefficient (Wildman–Crippen LogP) is 1.31. The molecule has 122 valence electrons. The average molecular weight is 306 g/mol. The summed E-state index contributed by atoms with van der Waals surface area (Å²) in [4.78, 5) is 20.6. The van der Waals surface area contributed by atoms with Gasteiger partial charge in [-0.05, 0) is 26.0 Å². The molecule has 1 aromatic heterocycles. The van der Waals surface area contributed by atoms with Crippen LogP contribution in [0.2, 0.25) is 0 Å². The number of rotatable bonds is 7. The second-order valence-corrected chi connectivity index (χ2v) is 5.29. The van der Waals surface area contributed by atoms with Crippen LogP contribution in [0.5, 0.6) is 0 Å². The van der Waals surface area contributed by atoms with Crippen molar-refractivity contribution in [2.24, 2.45) is 0 Å². The van der Waals surface area contributed by atoms with Gasteiger partial charge in [0.1, 0.15) is 5.69 Å². The van der Waals surface area contributed by atoms with Crippen LogP contribution < -0.4 is 5.32 Å². The molecule has 0 aromatic carbocycles. The van der Waals surface area contributed by atoms with Crippen molar-refractivity contribution in [2.45, 2.75) is 13.8 Å². The van der Waals surface area contributed by atoms with Crippen molar-refractivity contribution < 1.29 is 9.53 Å². The van der Waals surface area contributed by atoms with Crippen molar-refractivity contribution in [3.05, 3.63) is 24.0 Å². The number of hydrogen-bond donors (Lipinski definition) is 1. The number of anilines is 1. The van der Waals surface area contributed by atoms with Gasteiger partial charge >= 0.3 is 0 Å². The van der Waals surface area contributed by atoms with E-state index in [0.29, 0.717) is 18.8 Å². The molecule has 22 heavy (non-hydrogen) atoms. The number of carbonyl (C=O) groups excluding carboxylic acids is 1. The smallest absolute Gasteiger partial charge is 0.272 e. The molecule has 0 unspecified atom stereocenters. The van der Waals surface area contributed by atoms with Crippen LogP contribution in [0.4, 0.5) is 5.69 Å². The fraction of sp³-hybridized carbons (Fsp3) is 0.625. The van der Waals surface area contributed by atoms with E-state index in [1.165, 1.54) is 0 Å². The van der Waals surface area contributed by atoms with E-state index in [0.717, 1.165) is 45.1 Å². The minimum atomic E-state index is -0.0122. The van der Waals surface area contributed by atoms with Crippen LogP contribution in [-0.2, 0) is 4.74 Å². The van der Waals surface area contributed by atoms with Gasteiger partial charge in [-0.2, -0.15) is 0 Å². The third kappa shape index (κ3) is 4.68. The van der Waals surface area contributed by atoms with Gasteiger partial charge < -0.3 is 15.0 Å². The molecule has 1 aromatic rings. The fourth-order valence-electron chi connectivity index (χ4n) is 2.51. The van der Waals surface area contributed by atoms with E-state index in [2.05, 4.69) is 15.2 Å². The van der Waals surface area contributed by atoms with Crippen LogP contribution in [0.1, 0.15) is 24.3 Å². The Kier molecular flexibility index (Phi) is 6.61. The van der Waals surface area contributed by atoms with E-state index in [4.69, 9.17) is 4.74 Å². The lowest BCUT2D eigenvalue weighted by molar-refractivity contribution is 0.0398. The summed E-state index contributed by atoms with van der Waals surface area (Å²) in [5.74, 6) is -0.0122. The molecule has 6 heteroatoms. The lowest BCUT2D eigenvalue weighted by Gasteiger charge is -2.26. The Balaban J connectivity index is 1.86. The average Bonchev–Trinajstić information content (AvgIpc) is 2.57. The third-order valence-corrected chi connectivity index (χ3v) is 3.89. The van der Waals surface area contributed by atoms with E-state index in [1.807, 2.05) is 26.0 Å². The first-order valence-corrected chi connectivity index (χ1v) is 8.04. The number of amides is 1. The number of carbonyl (C=O) groups is 1. The summed E-state index contributed by atoms with van der Waals surface area (Å²) in [6, 6.07) is 3.73. The first-order valence-electron chi connectivity index (χ1n) is 8.04. The van der Waals surface area contributed by atoms with Gasteiger partial charge in [-0.1, -0.05) is 0 Å². The molecular weight excluding hydrogens is 280 g/mol. The topological polar surface area (TPSA) is 57.7 Å². The van der Waals surface area contributed by atoms with Crippen LogP contribution in [0.15, 0.2) is 18.3 Å². The zero-order valence-electron chi connectivity index (χ0n) is 13.5. The number of aromatic nitrogens is 1. The fourth-order valence-corrected chi connectivity index (χ4v) is 2.51. The predicted molar refractivity (Wildman–Crippen MR) is 87.2 cm³/mol. The minimum absolute atomic E-state index is 0.0122. The van der Waals surface area contributed by atoms with Crippen LogP contribution in [0, 0.1) is 0 Å². The Morgan fingerprint density at radius 3 is 2.77 bits per heavy atom. The first kappa shape index (κ1) is 16.7. The Morgan fingerprint density at radius 1 is 1.36 bits per heavy atom. The summed E-state index contributed by atoms with van der Waals surface area (Å²) in [6.45, 7) is 10.8. The van der Waals surface area contributed by atoms with Gasteiger partial charge in [0.25, 0.3) is 5.91 Å². The Morgan fingerprint density at radius 2 is 2.09 bits per heavy atom. The second-order valence-electron chi connectivity index (χ2n) is 5.29. The molecule has 0 bridgehead atoms. The van der Waals surface area contributed by atoms with Gasteiger partial charge in [-0.3, -0.25) is 14.7 Å². The van der Waals surface area contributed by atoms with Crippen LogP contribution in [0.25, 0.3) is 0 Å². The Bertz CT molecular complexity index is 471. The standard InChI is InChI=1S/C16H26N4O2/c1-3-20(4-2)16(21)15-13-14(5-6-18-15)17-7-8-19-9-11-22-12-10-19/h5-6,13H,3-4,7-12H2,1-2H3,(H,17,18). The maximum absolute atomic E-state index is 12.3. The van der Waals surface area contributed by atoms with Gasteiger partial charge in [-0.25, -0.2) is 0 Å². The molecule has 2 heterocycles. The van der Waals surface area contributed by atoms with Crippen LogP contribution >= 0.6 is 0 Å². The molecule has 2 rings (SSSR count). The molecule has 1 amide bonds. The van der Waals surface area contributed by atoms with Crippen molar-refractivity contribution in [2.75, 3.05) is 57.8 Å². The summed E-state index contributed by atoms with van der Waals surface area (Å²) in [6.07, 6.45) is 1.69. The molecule has 1 aliphatic heterocycles. The zero-order chi connectivity index (χ0) is 15.8. The SMILES string of the molecule is CCN(CC)C(=O)c1cc(NCCN2CCOCC2)ccn1. The molecule has 0 radical (unpaired) electrons. The Hall–Kier alpha value is -1.66. The number of hydrogen-bond acceptors (Lipinski definition) is 5. The molecular formula is C16H26N4O2. The van der Waals surface area contributed by atoms with E-state index >= 15 is 0 Å². The van der Waals surface area contributed by atoms with E-state index in [1.54, 1.807) is 11.1 Å². The highest BCUT2D eigenvalue weighted by Crippen LogP contribution is 2.10. The van der Waals surface area contributed by atoms with Gasteiger partial charge in [0, 0.05) is 51.2 Å². The maximum atomic E-state index is 12.3. The van der Waals surface area contributed by atoms with Crippen LogP contribution in [-0.4, -0.2) is 73.2 Å². The van der Waals surface area contributed by atoms with Gasteiger partial charge in [-0.15, -0.1) is 0 Å². The summed E-state index contributed by atoms with van der Waals surface area (Å²) in [5, 5.41) is 3.37. The normalized spacial score (nSPS) is 15.5. The number of morpholine rings is 1. The molecule has 0 spiro atoms. The molecule has 1 N–H and O–H groups in total. The highest BCUT2D eigenvalue weighted by atomic mass is 16.5. The monoisotopic (exact) mass is 306 g/mol. The zero-order valence-corrected chi connectivity index (χ0v) is 13.5. The summed E-state index contributed by atoms with van der Waals surface area (Å²) >= 11 is 0. The summed E-state index contributed by atoms with van der Waals surface area (Å²) in [5.41, 5.74) is 1.44. The molecule has 0 aliphatic carbocycles. The number of ether oxygens (including phenoxy) is 1. The Labute approximate surface area is 132 Å². The highest BCUT2D eigenvalue weighted by Gasteiger charge is 2.14. The third-order valence-electron chi connectivity index (χ3n) is 3.89. The lowest BCUT2D eigenvalue weighted by Crippen LogP contribution is -2.39. The molecule has 1 saturated heterocycles. The van der Waals surface area contributed by atoms with Gasteiger partial charge in [0.2, 0.25) is 0 Å². The first-order chi connectivity index (χ1) is 10.7. The summed E-state index contributed by atoms with van der Waals surface area (Å²) < 4.78 is 5.34. The van der Waals surface area contributed by atoms with Gasteiger partial charge in [0.05, 0.1) is 13.2 Å². The van der Waals surface area contributed by atoms with E-state index in [9.17, 15) is 4.79 Å². The molecule has 0 atom stereocenters. The molecule has 1 fully saturated rings. The lowest BCUT2D eigenvalue weighted by atomic mass is 10.2. The quantitative estimate of drug-likeness (QED) is 0.823. The second kappa shape index (κ2) is 8.70. The minimum Gasteiger partial charge on any atom is -0.384 e. The largest absolute Gasteiger partial charge is 0.384 e. The van der Waals surface area contributed by atoms with Crippen LogP contribution in [0.3, 0.4) is 0 Å². The van der Waals surface area contributed by atoms with Crippen molar-refractivity contribution in [3.8, 4) is 0 Å². The number of pyridine rings is 1. The van der Waals surface area contributed by atoms with E-state index < -0.39 is 0 Å². The molecule has 1 aliphatic rings. The molecule has 0 saturated carbocycles. The summed E-state index contributed by atoms with van der Waals surface area (Å²) in [7, 11) is 0. The maximum Gasteiger partial charge on any atom is 0.272 e. The van der Waals surface area contributed by atoms with Crippen molar-refractivity contribution in [1.82, 2.24) is 14.8 Å². The van der Waals surface area contributed by atoms with Crippen molar-refractivity contribution in [3.63, 3.8) is 0 Å². The van der Waals surface area contributed by atoms with Crippen molar-refractivity contribution in [1.29, 1.82) is 0 Å². The molecule has 6 nitrogen and oxygen atoms in total. The van der Waals surface area contributed by atoms with Crippen molar-refractivity contribution >= 4 is 11.6 Å². The number of nitrogens with zero attached hydrogens (tertiary/aromatic N) is 3. The number of nitrogens with one attached hydrogen (secondary N) is 1. The van der Waals surface area contributed by atoms with Gasteiger partial charge in [0.15, 0.2) is 0 Å².